The summed E-state index contributed by atoms with van der Waals surface area (Å²) in [6, 6.07) is 5.75. The molecular weight excluding hydrogens is 445 g/mol. The zero-order valence-electron chi connectivity index (χ0n) is 18.6. The molecule has 0 saturated carbocycles. The van der Waals surface area contributed by atoms with Gasteiger partial charge in [0, 0.05) is 23.4 Å². The molecule has 3 atom stereocenters. The molecule has 1 saturated heterocycles. The molecule has 2 aromatic rings. The van der Waals surface area contributed by atoms with Crippen molar-refractivity contribution in [3.05, 3.63) is 72.4 Å². The van der Waals surface area contributed by atoms with Crippen LogP contribution in [-0.4, -0.2) is 57.1 Å². The molecule has 1 aromatic heterocycles. The van der Waals surface area contributed by atoms with E-state index in [1.54, 1.807) is 36.7 Å². The number of imidazole rings is 1. The third-order valence-corrected chi connectivity index (χ3v) is 5.96. The zero-order chi connectivity index (χ0) is 24.3. The number of allylic oxidation sites excluding steroid dienone is 2. The minimum Gasteiger partial charge on any atom is -0.325 e. The lowest BCUT2D eigenvalue weighted by atomic mass is 9.90. The molecule has 178 valence electrons. The van der Waals surface area contributed by atoms with Crippen LogP contribution in [0.4, 0.5) is 13.2 Å². The van der Waals surface area contributed by atoms with Crippen LogP contribution in [0.3, 0.4) is 0 Å². The summed E-state index contributed by atoms with van der Waals surface area (Å²) in [4.78, 5) is 22.5. The number of aliphatic imine (C=N–C) groups is 1. The Morgan fingerprint density at radius 2 is 1.94 bits per heavy atom. The summed E-state index contributed by atoms with van der Waals surface area (Å²) in [5, 5.41) is 3.77. The minimum absolute atomic E-state index is 0.182. The van der Waals surface area contributed by atoms with E-state index in [1.807, 2.05) is 35.9 Å². The number of rotatable bonds is 5. The summed E-state index contributed by atoms with van der Waals surface area (Å²) in [5.74, 6) is 4.73. The largest absolute Gasteiger partial charge is 0.406 e. The molecule has 0 spiro atoms. The highest BCUT2D eigenvalue weighted by atomic mass is 19.4. The first-order valence-corrected chi connectivity index (χ1v) is 10.9. The molecule has 4 rings (SSSR count). The van der Waals surface area contributed by atoms with Crippen molar-refractivity contribution in [3.63, 3.8) is 0 Å². The van der Waals surface area contributed by atoms with Gasteiger partial charge in [-0.1, -0.05) is 36.4 Å². The van der Waals surface area contributed by atoms with Gasteiger partial charge in [0.1, 0.15) is 18.3 Å². The molecule has 7 nitrogen and oxygen atoms in total. The van der Waals surface area contributed by atoms with Crippen LogP contribution in [-0.2, 0) is 4.79 Å². The number of aromatic nitrogens is 2. The van der Waals surface area contributed by atoms with Gasteiger partial charge in [-0.15, -0.1) is 0 Å². The van der Waals surface area contributed by atoms with Gasteiger partial charge in [-0.3, -0.25) is 9.79 Å². The van der Waals surface area contributed by atoms with Crippen LogP contribution in [0, 0.1) is 12.8 Å². The van der Waals surface area contributed by atoms with Crippen molar-refractivity contribution in [1.29, 1.82) is 0 Å². The molecule has 3 unspecified atom stereocenters. The highest BCUT2D eigenvalue weighted by molar-refractivity contribution is 6.38. The molecule has 2 aliphatic rings. The Morgan fingerprint density at radius 1 is 1.21 bits per heavy atom. The monoisotopic (exact) mass is 470 g/mol. The normalized spacial score (nSPS) is 23.4. The number of hydrogen-bond acceptors (Lipinski definition) is 5. The average molecular weight is 470 g/mol. The van der Waals surface area contributed by atoms with Gasteiger partial charge in [0.2, 0.25) is 5.91 Å². The fourth-order valence-corrected chi connectivity index (χ4v) is 4.28. The summed E-state index contributed by atoms with van der Waals surface area (Å²) in [6.07, 6.45) is 8.31. The van der Waals surface area contributed by atoms with Crippen molar-refractivity contribution in [2.24, 2.45) is 21.9 Å². The number of carbonyl (C=O) groups is 1. The van der Waals surface area contributed by atoms with Crippen LogP contribution in [0.5, 0.6) is 0 Å². The van der Waals surface area contributed by atoms with Crippen molar-refractivity contribution in [3.8, 4) is 5.69 Å². The molecule has 34 heavy (non-hydrogen) atoms. The van der Waals surface area contributed by atoms with Crippen LogP contribution < -0.4 is 5.84 Å². The SMILES string of the molecule is Cc1cn(-c2ccc(C(C=NC3CCC4C=CC=CC4N(CC(F)(F)F)C3=O)=NN)cc2)cn1. The smallest absolute Gasteiger partial charge is 0.325 e. The molecule has 0 bridgehead atoms. The average Bonchev–Trinajstić information content (AvgIpc) is 3.20. The third kappa shape index (κ3) is 5.27. The van der Waals surface area contributed by atoms with E-state index in [0.717, 1.165) is 16.3 Å². The maximum atomic E-state index is 13.3. The van der Waals surface area contributed by atoms with E-state index in [1.165, 1.54) is 6.21 Å². The number of nitrogens with zero attached hydrogens (tertiary/aromatic N) is 5. The summed E-state index contributed by atoms with van der Waals surface area (Å²) >= 11 is 0. The Kier molecular flexibility index (Phi) is 6.67. The lowest BCUT2D eigenvalue weighted by molar-refractivity contribution is -0.165. The second-order valence-electron chi connectivity index (χ2n) is 8.36. The Bertz CT molecular complexity index is 1150. The quantitative estimate of drug-likeness (QED) is 0.412. The fourth-order valence-electron chi connectivity index (χ4n) is 4.28. The molecule has 2 N–H and O–H groups in total. The molecule has 1 aromatic carbocycles. The van der Waals surface area contributed by atoms with E-state index in [2.05, 4.69) is 15.1 Å². The zero-order valence-corrected chi connectivity index (χ0v) is 18.6. The van der Waals surface area contributed by atoms with E-state index < -0.39 is 30.7 Å². The number of nitrogens with two attached hydrogens (primary N) is 1. The maximum absolute atomic E-state index is 13.3. The lowest BCUT2D eigenvalue weighted by Crippen LogP contribution is -2.49. The van der Waals surface area contributed by atoms with Gasteiger partial charge >= 0.3 is 6.18 Å². The molecule has 1 aliphatic carbocycles. The summed E-state index contributed by atoms with van der Waals surface area (Å²) in [5.41, 5.74) is 2.77. The van der Waals surface area contributed by atoms with Gasteiger partial charge in [-0.25, -0.2) is 4.98 Å². The third-order valence-electron chi connectivity index (χ3n) is 5.96. The number of aryl methyl sites for hydroxylation is 1. The van der Waals surface area contributed by atoms with Gasteiger partial charge in [-0.05, 0) is 31.9 Å². The molecule has 1 amide bonds. The molecule has 1 aliphatic heterocycles. The number of likely N-dealkylation sites (tertiary alicyclic amines) is 1. The minimum atomic E-state index is -4.51. The topological polar surface area (TPSA) is 88.9 Å². The first kappa shape index (κ1) is 23.5. The lowest BCUT2D eigenvalue weighted by Gasteiger charge is -2.34. The Labute approximate surface area is 195 Å². The van der Waals surface area contributed by atoms with Crippen LogP contribution in [0.1, 0.15) is 24.1 Å². The maximum Gasteiger partial charge on any atom is 0.406 e. The Balaban J connectivity index is 1.54. The Morgan fingerprint density at radius 3 is 2.59 bits per heavy atom. The van der Waals surface area contributed by atoms with E-state index in [9.17, 15) is 18.0 Å². The number of halogens is 3. The summed E-state index contributed by atoms with van der Waals surface area (Å²) in [7, 11) is 0. The fraction of sp³-hybridized carbons (Fsp3) is 0.333. The first-order valence-electron chi connectivity index (χ1n) is 10.9. The number of hydrazone groups is 1. The van der Waals surface area contributed by atoms with Crippen molar-refractivity contribution in [1.82, 2.24) is 14.5 Å². The van der Waals surface area contributed by atoms with E-state index in [0.29, 0.717) is 24.1 Å². The van der Waals surface area contributed by atoms with Gasteiger partial charge in [0.05, 0.1) is 24.3 Å². The second kappa shape index (κ2) is 9.66. The number of benzene rings is 1. The van der Waals surface area contributed by atoms with Crippen molar-refractivity contribution in [2.75, 3.05) is 6.54 Å². The van der Waals surface area contributed by atoms with Gasteiger partial charge < -0.3 is 15.3 Å². The van der Waals surface area contributed by atoms with Crippen LogP contribution in [0.2, 0.25) is 0 Å². The van der Waals surface area contributed by atoms with Gasteiger partial charge in [-0.2, -0.15) is 18.3 Å². The number of alkyl halides is 3. The molecule has 1 fully saturated rings. The predicted octanol–water partition coefficient (Wildman–Crippen LogP) is 3.58. The van der Waals surface area contributed by atoms with Crippen LogP contribution in [0.25, 0.3) is 5.69 Å². The van der Waals surface area contributed by atoms with E-state index in [-0.39, 0.29) is 5.92 Å². The number of amides is 1. The molecule has 0 radical (unpaired) electrons. The first-order chi connectivity index (χ1) is 16.2. The van der Waals surface area contributed by atoms with E-state index >= 15 is 0 Å². The number of fused-ring (bicyclic) bond motifs is 1. The predicted molar refractivity (Wildman–Crippen MR) is 124 cm³/mol. The van der Waals surface area contributed by atoms with Gasteiger partial charge in [0.15, 0.2) is 0 Å². The second-order valence-corrected chi connectivity index (χ2v) is 8.36. The molecule has 10 heteroatoms. The Hall–Kier alpha value is -3.69. The van der Waals surface area contributed by atoms with Crippen molar-refractivity contribution < 1.29 is 18.0 Å². The van der Waals surface area contributed by atoms with Crippen LogP contribution >= 0.6 is 0 Å². The molecular formula is C24H25F3N6O. The number of carbonyl (C=O) groups excluding carboxylic acids is 1. The summed E-state index contributed by atoms with van der Waals surface area (Å²) < 4.78 is 41.7. The van der Waals surface area contributed by atoms with Crippen LogP contribution in [0.15, 0.2) is 71.2 Å². The van der Waals surface area contributed by atoms with E-state index in [4.69, 9.17) is 5.84 Å². The number of hydrogen-bond donors (Lipinski definition) is 1. The highest BCUT2D eigenvalue weighted by Crippen LogP contribution is 2.32. The summed E-state index contributed by atoms with van der Waals surface area (Å²) in [6.45, 7) is 0.580. The van der Waals surface area contributed by atoms with Crippen molar-refractivity contribution in [2.45, 2.75) is 38.0 Å². The van der Waals surface area contributed by atoms with Crippen molar-refractivity contribution >= 4 is 17.8 Å². The van der Waals surface area contributed by atoms with Gasteiger partial charge in [0.25, 0.3) is 0 Å². The molecule has 2 heterocycles. The highest BCUT2D eigenvalue weighted by Gasteiger charge is 2.42. The standard InChI is InChI=1S/C24H25F3N6O/c1-16-13-32(15-30-16)19-9-6-17(7-10-19)21(31-28)12-29-20-11-8-18-4-2-3-5-22(18)33(23(20)34)14-24(25,26)27/h2-7,9-10,12-13,15,18,20,22H,8,11,14,28H2,1H3.